The molecule has 2 aromatic carbocycles. The molecule has 592 valence electrons. The SMILES string of the molecule is CCCCC(C)(C)[C@@H](C(=O)N[C@H](C(=O)N(C)[C@@H]([C@@H](C)CC)[C@@H](CC(=O)N1CCC[C@H]1[C@H](OC)[C@@H](C)C(=O)N[C@@H](Cc1ccccc1)C(=O)NCc1ccc(NC(=O)[C@H](CCCNC(N)=O)NC(=O)[C@@H](NC(=O)CCCN2CC[C@H](C(=O)NC(C)CC)C[C@@H]2C(F)(F)F)C(C)C)cc1)OC)C(C)C)N(C)C. The van der Waals surface area contributed by atoms with Crippen LogP contribution in [0.3, 0.4) is 0 Å². The second-order valence-electron chi connectivity index (χ2n) is 30.5. The highest BCUT2D eigenvalue weighted by molar-refractivity contribution is 5.98. The van der Waals surface area contributed by atoms with Gasteiger partial charge in [-0.3, -0.25) is 53.0 Å². The number of nitrogens with two attached hydrogens (primary N) is 1. The van der Waals surface area contributed by atoms with Crippen molar-refractivity contribution in [2.45, 2.75) is 259 Å². The van der Waals surface area contributed by atoms with Gasteiger partial charge in [0.15, 0.2) is 0 Å². The van der Waals surface area contributed by atoms with Crippen molar-refractivity contribution in [2.24, 2.45) is 40.7 Å². The van der Waals surface area contributed by atoms with Gasteiger partial charge in [0.05, 0.1) is 42.7 Å². The molecule has 0 radical (unpaired) electrons. The Kier molecular flexibility index (Phi) is 37.2. The number of piperidine rings is 1. The number of urea groups is 1. The van der Waals surface area contributed by atoms with Crippen molar-refractivity contribution >= 4 is 64.9 Å². The van der Waals surface area contributed by atoms with Crippen molar-refractivity contribution in [2.75, 3.05) is 66.9 Å². The van der Waals surface area contributed by atoms with Crippen molar-refractivity contribution in [3.05, 3.63) is 65.7 Å². The predicted molar refractivity (Wildman–Crippen MR) is 399 cm³/mol. The maximum absolute atomic E-state index is 14.8. The van der Waals surface area contributed by atoms with E-state index >= 15 is 0 Å². The summed E-state index contributed by atoms with van der Waals surface area (Å²) in [7, 11) is 8.49. The Hall–Kier alpha value is -7.43. The van der Waals surface area contributed by atoms with Crippen LogP contribution in [0.15, 0.2) is 54.6 Å². The van der Waals surface area contributed by atoms with Gasteiger partial charge < -0.3 is 67.5 Å². The van der Waals surface area contributed by atoms with Crippen molar-refractivity contribution in [3.8, 4) is 0 Å². The van der Waals surface area contributed by atoms with Gasteiger partial charge in [0.1, 0.15) is 30.2 Å². The number of carbonyl (C=O) groups is 10. The van der Waals surface area contributed by atoms with Gasteiger partial charge in [0.25, 0.3) is 0 Å². The van der Waals surface area contributed by atoms with Gasteiger partial charge in [-0.2, -0.15) is 13.2 Å². The second kappa shape index (κ2) is 43.4. The van der Waals surface area contributed by atoms with E-state index in [1.54, 1.807) is 68.8 Å². The van der Waals surface area contributed by atoms with Crippen LogP contribution in [0.2, 0.25) is 0 Å². The molecule has 1 unspecified atom stereocenters. The molecule has 10 N–H and O–H groups in total. The molecule has 0 spiro atoms. The number of ether oxygens (including phenoxy) is 2. The zero-order valence-corrected chi connectivity index (χ0v) is 65.5. The van der Waals surface area contributed by atoms with Crippen LogP contribution in [0.5, 0.6) is 0 Å². The molecule has 14 atom stereocenters. The quantitative estimate of drug-likeness (QED) is 0.0289. The third-order valence-corrected chi connectivity index (χ3v) is 21.0. The maximum atomic E-state index is 14.8. The summed E-state index contributed by atoms with van der Waals surface area (Å²) in [5, 5.41) is 22.5. The van der Waals surface area contributed by atoms with Crippen molar-refractivity contribution in [3.63, 3.8) is 0 Å². The molecular weight excluding hydrogens is 1360 g/mol. The molecule has 2 aromatic rings. The number of nitrogens with one attached hydrogen (secondary N) is 8. The highest BCUT2D eigenvalue weighted by atomic mass is 19.4. The minimum Gasteiger partial charge on any atom is -0.379 e. The number of carbonyl (C=O) groups excluding carboxylic acids is 10. The molecule has 105 heavy (non-hydrogen) atoms. The highest BCUT2D eigenvalue weighted by Crippen LogP contribution is 2.36. The number of alkyl halides is 3. The Morgan fingerprint density at radius 1 is 0.686 bits per heavy atom. The van der Waals surface area contributed by atoms with Crippen LogP contribution in [0.25, 0.3) is 0 Å². The monoisotopic (exact) mass is 1480 g/mol. The average molecular weight is 1480 g/mol. The predicted octanol–water partition coefficient (Wildman–Crippen LogP) is 7.59. The van der Waals surface area contributed by atoms with Gasteiger partial charge in [0.2, 0.25) is 53.2 Å². The van der Waals surface area contributed by atoms with Crippen LogP contribution in [0.4, 0.5) is 23.7 Å². The summed E-state index contributed by atoms with van der Waals surface area (Å²) < 4.78 is 55.2. The lowest BCUT2D eigenvalue weighted by Crippen LogP contribution is -2.60. The average Bonchev–Trinajstić information content (AvgIpc) is 1.74. The lowest BCUT2D eigenvalue weighted by atomic mass is 9.78. The van der Waals surface area contributed by atoms with Crippen molar-refractivity contribution in [1.29, 1.82) is 0 Å². The van der Waals surface area contributed by atoms with E-state index in [2.05, 4.69) is 63.3 Å². The van der Waals surface area contributed by atoms with Crippen LogP contribution in [-0.4, -0.2) is 213 Å². The number of primary amides is 1. The van der Waals surface area contributed by atoms with E-state index in [4.69, 9.17) is 15.2 Å². The lowest BCUT2D eigenvalue weighted by molar-refractivity contribution is -0.196. The number of benzene rings is 2. The number of likely N-dealkylation sites (N-methyl/N-ethyl adjacent to an activating group) is 2. The molecule has 2 aliphatic heterocycles. The lowest BCUT2D eigenvalue weighted by Gasteiger charge is -2.42. The fourth-order valence-corrected chi connectivity index (χ4v) is 14.5. The number of likely N-dealkylation sites (tertiary alicyclic amines) is 2. The Balaban J connectivity index is 1.44. The number of unbranched alkanes of at least 4 members (excludes halogenated alkanes) is 1. The molecule has 0 bridgehead atoms. The van der Waals surface area contributed by atoms with E-state index in [1.165, 1.54) is 19.1 Å². The summed E-state index contributed by atoms with van der Waals surface area (Å²) in [6.07, 6.45) is -0.934. The number of methoxy groups -OCH3 is 2. The number of anilines is 1. The molecule has 25 nitrogen and oxygen atoms in total. The number of halogens is 3. The van der Waals surface area contributed by atoms with Gasteiger partial charge in [-0.25, -0.2) is 4.79 Å². The topological polar surface area (TPSA) is 324 Å². The molecule has 0 saturated carbocycles. The summed E-state index contributed by atoms with van der Waals surface area (Å²) >= 11 is 0. The third kappa shape index (κ3) is 27.7. The van der Waals surface area contributed by atoms with E-state index in [9.17, 15) is 61.1 Å². The Morgan fingerprint density at radius 3 is 1.90 bits per heavy atom. The first kappa shape index (κ1) is 90.0. The normalized spacial score (nSPS) is 19.0. The van der Waals surface area contributed by atoms with Gasteiger partial charge in [0, 0.05) is 71.4 Å². The second-order valence-corrected chi connectivity index (χ2v) is 30.5. The van der Waals surface area contributed by atoms with Crippen molar-refractivity contribution < 1.29 is 70.6 Å². The summed E-state index contributed by atoms with van der Waals surface area (Å²) in [5.41, 5.74) is 6.63. The molecule has 2 saturated heterocycles. The molecule has 11 amide bonds. The molecule has 0 aromatic heterocycles. The van der Waals surface area contributed by atoms with Crippen LogP contribution < -0.4 is 48.3 Å². The van der Waals surface area contributed by atoms with Crippen LogP contribution in [0.1, 0.15) is 184 Å². The molecule has 2 heterocycles. The Morgan fingerprint density at radius 2 is 1.33 bits per heavy atom. The molecule has 2 aliphatic rings. The van der Waals surface area contributed by atoms with Gasteiger partial charge >= 0.3 is 12.2 Å². The smallest absolute Gasteiger partial charge is 0.379 e. The minimum absolute atomic E-state index is 0.0109. The summed E-state index contributed by atoms with van der Waals surface area (Å²) in [5.74, 6) is -6.56. The summed E-state index contributed by atoms with van der Waals surface area (Å²) in [6.45, 7) is 23.3. The zero-order valence-electron chi connectivity index (χ0n) is 65.5. The fraction of sp³-hybridized carbons (Fsp3) is 0.714. The molecule has 28 heteroatoms. The first-order chi connectivity index (χ1) is 49.4. The standard InChI is InChI=1S/C77H126F3N13O12/c1-18-21-38-76(11,12)67(90(13)14)73(101)89-64(48(6)7)74(102)91(15)65(49(8)19-2)59(104-16)45-62(95)93-41-26-31-58(93)66(105-17)51(10)68(96)87-57(43-52-28-23-22-24-29-52)70(98)83-46-53-33-35-55(36-34-53)85-71(99)56(30-25-39-82-75(81)103)86-72(100)63(47(4)5)88-61(94)32-27-40-92-42-37-54(44-60(92)77(78,79)80)69(97)84-50(9)20-3/h22-24,28-29,33-36,47-51,54,56-60,63-67H,18-21,25-27,30-32,37-46H2,1-17H3,(H,83,98)(H,84,97)(H,85,99)(H,86,100)(H,87,96)(H,88,94)(H,89,101)(H3,81,82,103)/t49-,50?,51+,54-,56-,57-,58-,59+,60+,63-,64-,65-,66+,67+/m0/s1. The van der Waals surface area contributed by atoms with Crippen LogP contribution >= 0.6 is 0 Å². The minimum atomic E-state index is -4.60. The van der Waals surface area contributed by atoms with E-state index in [0.29, 0.717) is 43.5 Å². The largest absolute Gasteiger partial charge is 0.404 e. The zero-order chi connectivity index (χ0) is 78.6. The molecular formula is C77H126F3N13O12. The number of hydrogen-bond donors (Lipinski definition) is 9. The Labute approximate surface area is 621 Å². The number of hydrogen-bond acceptors (Lipinski definition) is 14. The molecule has 4 rings (SSSR count). The number of amides is 11. The summed E-state index contributed by atoms with van der Waals surface area (Å²) in [4.78, 5) is 145. The van der Waals surface area contributed by atoms with Gasteiger partial charge in [-0.15, -0.1) is 0 Å². The third-order valence-electron chi connectivity index (χ3n) is 21.0. The van der Waals surface area contributed by atoms with Crippen molar-refractivity contribution in [1.82, 2.24) is 56.8 Å². The van der Waals surface area contributed by atoms with Crippen LogP contribution in [0, 0.1) is 35.0 Å². The van der Waals surface area contributed by atoms with Gasteiger partial charge in [-0.1, -0.05) is 138 Å². The van der Waals surface area contributed by atoms with E-state index in [-0.39, 0.29) is 112 Å². The fourth-order valence-electron chi connectivity index (χ4n) is 14.5. The number of rotatable bonds is 43. The first-order valence-electron chi connectivity index (χ1n) is 37.8. The first-order valence-corrected chi connectivity index (χ1v) is 37.8. The van der Waals surface area contributed by atoms with Crippen LogP contribution in [-0.2, 0) is 65.6 Å². The van der Waals surface area contributed by atoms with Gasteiger partial charge in [-0.05, 0) is 138 Å². The summed E-state index contributed by atoms with van der Waals surface area (Å²) in [6, 6.07) is 7.08. The molecule has 0 aliphatic carbocycles. The van der Waals surface area contributed by atoms with E-state index in [0.717, 1.165) is 24.8 Å². The molecule has 2 fully saturated rings. The maximum Gasteiger partial charge on any atom is 0.404 e. The Bertz CT molecular complexity index is 3110. The van der Waals surface area contributed by atoms with E-state index < -0.39 is 132 Å². The highest BCUT2D eigenvalue weighted by Gasteiger charge is 2.49. The number of nitrogens with zero attached hydrogens (tertiary/aromatic N) is 4. The van der Waals surface area contributed by atoms with E-state index in [1.807, 2.05) is 83.9 Å².